The molecule has 0 radical (unpaired) electrons. The van der Waals surface area contributed by atoms with Gasteiger partial charge < -0.3 is 14.9 Å². The third-order valence-corrected chi connectivity index (χ3v) is 2.42. The highest BCUT2D eigenvalue weighted by molar-refractivity contribution is 5.73. The van der Waals surface area contributed by atoms with Crippen LogP contribution in [0.15, 0.2) is 6.07 Å². The van der Waals surface area contributed by atoms with E-state index in [4.69, 9.17) is 5.11 Å². The number of carboxylic acid groups (broad SMARTS) is 1. The van der Waals surface area contributed by atoms with Gasteiger partial charge in [-0.2, -0.15) is 0 Å². The van der Waals surface area contributed by atoms with Crippen LogP contribution in [-0.4, -0.2) is 59.7 Å². The van der Waals surface area contributed by atoms with E-state index in [2.05, 4.69) is 9.97 Å². The molecular formula is C12H20N4O2. The lowest BCUT2D eigenvalue weighted by Gasteiger charge is -2.24. The molecule has 6 heteroatoms. The van der Waals surface area contributed by atoms with Gasteiger partial charge in [0.05, 0.1) is 0 Å². The van der Waals surface area contributed by atoms with Crippen LogP contribution in [0.5, 0.6) is 0 Å². The van der Waals surface area contributed by atoms with Gasteiger partial charge in [-0.15, -0.1) is 0 Å². The number of rotatable bonds is 6. The van der Waals surface area contributed by atoms with Crippen molar-refractivity contribution in [3.05, 3.63) is 17.6 Å². The number of carbonyl (C=O) groups is 1. The van der Waals surface area contributed by atoms with Crippen molar-refractivity contribution in [1.82, 2.24) is 14.9 Å². The van der Waals surface area contributed by atoms with Gasteiger partial charge in [0.15, 0.2) is 0 Å². The number of aryl methyl sites for hydroxylation is 2. The maximum atomic E-state index is 10.9. The average Bonchev–Trinajstić information content (AvgIpc) is 2.22. The van der Waals surface area contributed by atoms with Crippen LogP contribution in [0.4, 0.5) is 5.82 Å². The zero-order chi connectivity index (χ0) is 13.7. The third-order valence-electron chi connectivity index (χ3n) is 2.42. The van der Waals surface area contributed by atoms with Gasteiger partial charge in [-0.3, -0.25) is 4.79 Å². The molecule has 0 atom stereocenters. The number of aliphatic carboxylic acids is 1. The minimum atomic E-state index is -0.859. The SMILES string of the molecule is Cc1cc(N(CCN(C)C)CC(=O)O)nc(C)n1. The molecule has 18 heavy (non-hydrogen) atoms. The van der Waals surface area contributed by atoms with Crippen molar-refractivity contribution >= 4 is 11.8 Å². The average molecular weight is 252 g/mol. The number of aromatic nitrogens is 2. The normalized spacial score (nSPS) is 10.7. The quantitative estimate of drug-likeness (QED) is 0.797. The number of likely N-dealkylation sites (N-methyl/N-ethyl adjacent to an activating group) is 1. The standard InChI is InChI=1S/C12H20N4O2/c1-9-7-11(14-10(2)13-9)16(8-12(17)18)6-5-15(3)4/h7H,5-6,8H2,1-4H3,(H,17,18). The summed E-state index contributed by atoms with van der Waals surface area (Å²) in [6, 6.07) is 1.81. The minimum absolute atomic E-state index is 0.0519. The molecule has 0 saturated heterocycles. The number of anilines is 1. The summed E-state index contributed by atoms with van der Waals surface area (Å²) in [5.41, 5.74) is 0.845. The summed E-state index contributed by atoms with van der Waals surface area (Å²) in [6.45, 7) is 5.03. The van der Waals surface area contributed by atoms with Gasteiger partial charge in [-0.25, -0.2) is 9.97 Å². The molecule has 0 aliphatic rings. The van der Waals surface area contributed by atoms with Crippen LogP contribution in [0.1, 0.15) is 11.5 Å². The lowest BCUT2D eigenvalue weighted by Crippen LogP contribution is -2.36. The van der Waals surface area contributed by atoms with E-state index < -0.39 is 5.97 Å². The number of hydrogen-bond acceptors (Lipinski definition) is 5. The number of carboxylic acids is 1. The van der Waals surface area contributed by atoms with E-state index in [1.807, 2.05) is 32.0 Å². The van der Waals surface area contributed by atoms with Crippen molar-refractivity contribution in [2.75, 3.05) is 38.6 Å². The number of hydrogen-bond donors (Lipinski definition) is 1. The Bertz CT molecular complexity index is 400. The van der Waals surface area contributed by atoms with Crippen molar-refractivity contribution < 1.29 is 9.90 Å². The lowest BCUT2D eigenvalue weighted by molar-refractivity contribution is -0.135. The van der Waals surface area contributed by atoms with Crippen LogP contribution in [0, 0.1) is 13.8 Å². The van der Waals surface area contributed by atoms with Gasteiger partial charge >= 0.3 is 5.97 Å². The Hall–Kier alpha value is -1.69. The Morgan fingerprint density at radius 1 is 1.28 bits per heavy atom. The minimum Gasteiger partial charge on any atom is -0.480 e. The van der Waals surface area contributed by atoms with E-state index in [0.717, 1.165) is 12.2 Å². The summed E-state index contributed by atoms with van der Waals surface area (Å²) >= 11 is 0. The summed E-state index contributed by atoms with van der Waals surface area (Å²) in [6.07, 6.45) is 0. The van der Waals surface area contributed by atoms with E-state index in [9.17, 15) is 4.79 Å². The molecule has 0 aliphatic carbocycles. The molecule has 100 valence electrons. The summed E-state index contributed by atoms with van der Waals surface area (Å²) in [5, 5.41) is 8.95. The molecule has 6 nitrogen and oxygen atoms in total. The molecule has 0 saturated carbocycles. The lowest BCUT2D eigenvalue weighted by atomic mass is 10.3. The van der Waals surface area contributed by atoms with Crippen molar-refractivity contribution in [2.45, 2.75) is 13.8 Å². The van der Waals surface area contributed by atoms with E-state index in [0.29, 0.717) is 18.2 Å². The predicted octanol–water partition coefficient (Wildman–Crippen LogP) is 0.546. The Kier molecular flexibility index (Phi) is 5.03. The summed E-state index contributed by atoms with van der Waals surface area (Å²) in [7, 11) is 3.91. The molecule has 0 aliphatic heterocycles. The fourth-order valence-electron chi connectivity index (χ4n) is 1.62. The van der Waals surface area contributed by atoms with E-state index in [1.54, 1.807) is 11.8 Å². The Morgan fingerprint density at radius 3 is 2.44 bits per heavy atom. The smallest absolute Gasteiger partial charge is 0.323 e. The van der Waals surface area contributed by atoms with Crippen LogP contribution in [0.25, 0.3) is 0 Å². The highest BCUT2D eigenvalue weighted by Gasteiger charge is 2.13. The Labute approximate surface area is 107 Å². The van der Waals surface area contributed by atoms with E-state index in [-0.39, 0.29) is 6.54 Å². The van der Waals surface area contributed by atoms with E-state index >= 15 is 0 Å². The number of nitrogens with zero attached hydrogens (tertiary/aromatic N) is 4. The monoisotopic (exact) mass is 252 g/mol. The first kappa shape index (κ1) is 14.4. The maximum Gasteiger partial charge on any atom is 0.323 e. The van der Waals surface area contributed by atoms with Gasteiger partial charge in [-0.05, 0) is 27.9 Å². The van der Waals surface area contributed by atoms with E-state index in [1.165, 1.54) is 0 Å². The maximum absolute atomic E-state index is 10.9. The van der Waals surface area contributed by atoms with Gasteiger partial charge in [0.2, 0.25) is 0 Å². The molecular weight excluding hydrogens is 232 g/mol. The second-order valence-corrected chi connectivity index (χ2v) is 4.53. The second-order valence-electron chi connectivity index (χ2n) is 4.53. The topological polar surface area (TPSA) is 69.6 Å². The highest BCUT2D eigenvalue weighted by atomic mass is 16.4. The van der Waals surface area contributed by atoms with Gasteiger partial charge in [-0.1, -0.05) is 0 Å². The Morgan fingerprint density at radius 2 is 1.94 bits per heavy atom. The molecule has 1 heterocycles. The molecule has 1 aromatic rings. The van der Waals surface area contributed by atoms with Gasteiger partial charge in [0.1, 0.15) is 18.2 Å². The molecule has 1 N–H and O–H groups in total. The van der Waals surface area contributed by atoms with Crippen LogP contribution < -0.4 is 4.90 Å². The molecule has 0 spiro atoms. The summed E-state index contributed by atoms with van der Waals surface area (Å²) < 4.78 is 0. The zero-order valence-electron chi connectivity index (χ0n) is 11.3. The Balaban J connectivity index is 2.89. The first-order chi connectivity index (χ1) is 8.38. The fourth-order valence-corrected chi connectivity index (χ4v) is 1.62. The van der Waals surface area contributed by atoms with Crippen LogP contribution in [0.2, 0.25) is 0 Å². The van der Waals surface area contributed by atoms with Crippen LogP contribution in [0.3, 0.4) is 0 Å². The summed E-state index contributed by atoms with van der Waals surface area (Å²) in [5.74, 6) is 0.470. The molecule has 0 bridgehead atoms. The van der Waals surface area contributed by atoms with Crippen LogP contribution in [-0.2, 0) is 4.79 Å². The molecule has 1 rings (SSSR count). The largest absolute Gasteiger partial charge is 0.480 e. The fraction of sp³-hybridized carbons (Fsp3) is 0.583. The first-order valence-corrected chi connectivity index (χ1v) is 5.82. The molecule has 1 aromatic heterocycles. The van der Waals surface area contributed by atoms with Gasteiger partial charge in [0.25, 0.3) is 0 Å². The first-order valence-electron chi connectivity index (χ1n) is 5.82. The second kappa shape index (κ2) is 6.30. The summed E-state index contributed by atoms with van der Waals surface area (Å²) in [4.78, 5) is 23.2. The molecule has 0 unspecified atom stereocenters. The van der Waals surface area contributed by atoms with Crippen molar-refractivity contribution in [2.24, 2.45) is 0 Å². The highest BCUT2D eigenvalue weighted by Crippen LogP contribution is 2.12. The van der Waals surface area contributed by atoms with Crippen LogP contribution >= 0.6 is 0 Å². The van der Waals surface area contributed by atoms with Crippen molar-refractivity contribution in [1.29, 1.82) is 0 Å². The van der Waals surface area contributed by atoms with Crippen molar-refractivity contribution in [3.8, 4) is 0 Å². The molecule has 0 fully saturated rings. The molecule has 0 aromatic carbocycles. The predicted molar refractivity (Wildman–Crippen MR) is 69.9 cm³/mol. The zero-order valence-corrected chi connectivity index (χ0v) is 11.3. The molecule has 0 amide bonds. The van der Waals surface area contributed by atoms with Gasteiger partial charge in [0, 0.05) is 24.8 Å². The van der Waals surface area contributed by atoms with Crippen molar-refractivity contribution in [3.63, 3.8) is 0 Å². The third kappa shape index (κ3) is 4.67.